The van der Waals surface area contributed by atoms with E-state index < -0.39 is 48.5 Å². The molecule has 5 N–H and O–H groups in total. The molecule has 3 aromatic carbocycles. The Kier molecular flexibility index (Phi) is 6.84. The van der Waals surface area contributed by atoms with E-state index in [1.54, 1.807) is 10.6 Å². The van der Waals surface area contributed by atoms with Crippen LogP contribution in [0.25, 0.3) is 21.7 Å². The standard InChI is InChI=1S/C28H29FN2O7/c1-28(25(34)24(33)22(14-32)38-27(28)36)30-26(35)19-13-31(21-11-18(37-2)10-20(29)23(19)21)12-15-7-8-16-5-3-4-6-17(16)9-15/h3-11,13,22,24-25,27,32-34,36H,12,14H2,1-2H3,(H,30,35)/t22-,24-,25+,27?,28-/m1/s1. The predicted octanol–water partition coefficient (Wildman–Crippen LogP) is 1.91. The molecule has 0 spiro atoms. The molecule has 2 heterocycles. The summed E-state index contributed by atoms with van der Waals surface area (Å²) >= 11 is 0. The number of rotatable bonds is 6. The summed E-state index contributed by atoms with van der Waals surface area (Å²) in [7, 11) is 1.42. The Labute approximate surface area is 217 Å². The van der Waals surface area contributed by atoms with Gasteiger partial charge in [0.1, 0.15) is 35.4 Å². The van der Waals surface area contributed by atoms with Crippen molar-refractivity contribution in [3.63, 3.8) is 0 Å². The summed E-state index contributed by atoms with van der Waals surface area (Å²) in [5.74, 6) is -1.21. The highest BCUT2D eigenvalue weighted by molar-refractivity contribution is 6.08. The van der Waals surface area contributed by atoms with Crippen LogP contribution in [0, 0.1) is 5.82 Å². The first-order valence-electron chi connectivity index (χ1n) is 12.1. The Morgan fingerprint density at radius 3 is 2.58 bits per heavy atom. The van der Waals surface area contributed by atoms with E-state index in [4.69, 9.17) is 9.47 Å². The molecule has 0 bridgehead atoms. The first-order chi connectivity index (χ1) is 18.2. The number of hydrogen-bond acceptors (Lipinski definition) is 7. The second-order valence-corrected chi connectivity index (χ2v) is 9.74. The molecule has 1 fully saturated rings. The van der Waals surface area contributed by atoms with Gasteiger partial charge in [0, 0.05) is 30.3 Å². The molecular weight excluding hydrogens is 495 g/mol. The van der Waals surface area contributed by atoms with E-state index in [-0.39, 0.29) is 16.7 Å². The summed E-state index contributed by atoms with van der Waals surface area (Å²) in [6, 6.07) is 16.7. The number of nitrogens with zero attached hydrogens (tertiary/aromatic N) is 1. The van der Waals surface area contributed by atoms with Gasteiger partial charge in [-0.25, -0.2) is 4.39 Å². The molecular formula is C28H29FN2O7. The first-order valence-corrected chi connectivity index (χ1v) is 12.1. The molecule has 1 saturated heterocycles. The third-order valence-corrected chi connectivity index (χ3v) is 7.25. The normalized spacial score (nSPS) is 25.6. The van der Waals surface area contributed by atoms with Crippen LogP contribution in [0.15, 0.2) is 60.8 Å². The van der Waals surface area contributed by atoms with E-state index >= 15 is 4.39 Å². The van der Waals surface area contributed by atoms with E-state index in [0.717, 1.165) is 16.3 Å². The number of methoxy groups -OCH3 is 1. The minimum Gasteiger partial charge on any atom is -0.497 e. The van der Waals surface area contributed by atoms with Gasteiger partial charge < -0.3 is 39.8 Å². The zero-order valence-corrected chi connectivity index (χ0v) is 20.8. The lowest BCUT2D eigenvalue weighted by Gasteiger charge is -2.47. The second kappa shape index (κ2) is 9.97. The number of carbonyl (C=O) groups is 1. The highest BCUT2D eigenvalue weighted by Crippen LogP contribution is 2.33. The van der Waals surface area contributed by atoms with Gasteiger partial charge in [-0.2, -0.15) is 0 Å². The van der Waals surface area contributed by atoms with Gasteiger partial charge in [0.2, 0.25) is 0 Å². The molecule has 0 saturated carbocycles. The molecule has 4 aromatic rings. The Morgan fingerprint density at radius 2 is 1.87 bits per heavy atom. The van der Waals surface area contributed by atoms with Crippen LogP contribution in [0.1, 0.15) is 22.8 Å². The molecule has 38 heavy (non-hydrogen) atoms. The summed E-state index contributed by atoms with van der Waals surface area (Å²) in [6.45, 7) is 0.975. The lowest BCUT2D eigenvalue weighted by atomic mass is 9.84. The van der Waals surface area contributed by atoms with Crippen LogP contribution >= 0.6 is 0 Å². The topological polar surface area (TPSA) is 133 Å². The fourth-order valence-corrected chi connectivity index (χ4v) is 5.00. The Balaban J connectivity index is 1.54. The lowest BCUT2D eigenvalue weighted by Crippen LogP contribution is -2.71. The highest BCUT2D eigenvalue weighted by atomic mass is 19.1. The minimum atomic E-state index is -1.85. The van der Waals surface area contributed by atoms with Crippen molar-refractivity contribution in [2.75, 3.05) is 13.7 Å². The van der Waals surface area contributed by atoms with E-state index in [1.807, 2.05) is 42.5 Å². The predicted molar refractivity (Wildman–Crippen MR) is 137 cm³/mol. The largest absolute Gasteiger partial charge is 0.497 e. The molecule has 9 nitrogen and oxygen atoms in total. The number of fused-ring (bicyclic) bond motifs is 2. The molecule has 5 rings (SSSR count). The fourth-order valence-electron chi connectivity index (χ4n) is 5.00. The van der Waals surface area contributed by atoms with Crippen LogP contribution in [0.3, 0.4) is 0 Å². The summed E-state index contributed by atoms with van der Waals surface area (Å²) < 4.78 is 27.5. The number of nitrogens with one attached hydrogen (secondary N) is 1. The van der Waals surface area contributed by atoms with Crippen molar-refractivity contribution in [3.8, 4) is 5.75 Å². The van der Waals surface area contributed by atoms with Crippen LogP contribution in [-0.2, 0) is 11.3 Å². The fraction of sp³-hybridized carbons (Fsp3) is 0.321. The zero-order chi connectivity index (χ0) is 27.2. The molecule has 0 aliphatic carbocycles. The summed E-state index contributed by atoms with van der Waals surface area (Å²) in [5, 5.41) is 45.5. The van der Waals surface area contributed by atoms with Gasteiger partial charge in [-0.05, 0) is 29.3 Å². The molecule has 1 aliphatic heterocycles. The van der Waals surface area contributed by atoms with Gasteiger partial charge in [-0.1, -0.05) is 36.4 Å². The smallest absolute Gasteiger partial charge is 0.254 e. The monoisotopic (exact) mass is 524 g/mol. The number of aromatic nitrogens is 1. The third kappa shape index (κ3) is 4.40. The number of benzene rings is 3. The average Bonchev–Trinajstić information content (AvgIpc) is 3.28. The van der Waals surface area contributed by atoms with Crippen molar-refractivity contribution in [3.05, 3.63) is 77.7 Å². The van der Waals surface area contributed by atoms with Crippen LogP contribution in [0.2, 0.25) is 0 Å². The van der Waals surface area contributed by atoms with Crippen molar-refractivity contribution in [2.24, 2.45) is 0 Å². The average molecular weight is 525 g/mol. The number of hydrogen-bond donors (Lipinski definition) is 5. The number of amides is 1. The van der Waals surface area contributed by atoms with Gasteiger partial charge >= 0.3 is 0 Å². The van der Waals surface area contributed by atoms with Gasteiger partial charge in [0.15, 0.2) is 6.29 Å². The van der Waals surface area contributed by atoms with Crippen molar-refractivity contribution in [1.29, 1.82) is 0 Å². The Bertz CT molecular complexity index is 1510. The molecule has 0 radical (unpaired) electrons. The van der Waals surface area contributed by atoms with Gasteiger partial charge in [-0.15, -0.1) is 0 Å². The van der Waals surface area contributed by atoms with Crippen molar-refractivity contribution in [1.82, 2.24) is 9.88 Å². The van der Waals surface area contributed by atoms with Crippen LogP contribution in [0.5, 0.6) is 5.75 Å². The van der Waals surface area contributed by atoms with E-state index in [2.05, 4.69) is 5.32 Å². The van der Waals surface area contributed by atoms with Gasteiger partial charge in [-0.3, -0.25) is 4.79 Å². The second-order valence-electron chi connectivity index (χ2n) is 9.74. The Morgan fingerprint density at radius 1 is 1.13 bits per heavy atom. The Hall–Kier alpha value is -3.54. The molecule has 1 aromatic heterocycles. The number of aliphatic hydroxyl groups is 4. The molecule has 1 unspecified atom stereocenters. The molecule has 200 valence electrons. The summed E-state index contributed by atoms with van der Waals surface area (Å²) in [5.41, 5.74) is -0.558. The number of ether oxygens (including phenoxy) is 2. The van der Waals surface area contributed by atoms with E-state index in [9.17, 15) is 25.2 Å². The van der Waals surface area contributed by atoms with Crippen LogP contribution in [-0.4, -0.2) is 74.8 Å². The van der Waals surface area contributed by atoms with Crippen LogP contribution < -0.4 is 10.1 Å². The minimum absolute atomic E-state index is 0.0298. The maximum atomic E-state index is 15.3. The third-order valence-electron chi connectivity index (χ3n) is 7.25. The number of carbonyl (C=O) groups excluding carboxylic acids is 1. The first kappa shape index (κ1) is 26.1. The quantitative estimate of drug-likeness (QED) is 0.260. The zero-order valence-electron chi connectivity index (χ0n) is 20.8. The maximum Gasteiger partial charge on any atom is 0.254 e. The van der Waals surface area contributed by atoms with E-state index in [1.165, 1.54) is 26.3 Å². The van der Waals surface area contributed by atoms with Crippen molar-refractivity contribution < 1.29 is 39.1 Å². The van der Waals surface area contributed by atoms with Crippen molar-refractivity contribution >= 4 is 27.6 Å². The molecule has 1 amide bonds. The summed E-state index contributed by atoms with van der Waals surface area (Å²) in [4.78, 5) is 13.5. The maximum absolute atomic E-state index is 15.3. The molecule has 1 aliphatic rings. The van der Waals surface area contributed by atoms with Gasteiger partial charge in [0.05, 0.1) is 24.8 Å². The molecule has 5 atom stereocenters. The highest BCUT2D eigenvalue weighted by Gasteiger charge is 2.53. The van der Waals surface area contributed by atoms with E-state index in [0.29, 0.717) is 12.1 Å². The van der Waals surface area contributed by atoms with Crippen LogP contribution in [0.4, 0.5) is 4.39 Å². The number of halogens is 1. The summed E-state index contributed by atoms with van der Waals surface area (Å²) in [6.07, 6.45) is -4.75. The van der Waals surface area contributed by atoms with Crippen molar-refractivity contribution in [2.45, 2.75) is 43.6 Å². The number of aliphatic hydroxyl groups excluding tert-OH is 4. The lowest BCUT2D eigenvalue weighted by molar-refractivity contribution is -0.278. The molecule has 10 heteroatoms. The van der Waals surface area contributed by atoms with Gasteiger partial charge in [0.25, 0.3) is 5.91 Å². The SMILES string of the molecule is COc1cc(F)c2c(C(=O)N[C@@]3(C)C(O)O[C@H](CO)[C@@H](O)[C@@H]3O)cn(Cc3ccc4ccccc4c3)c2c1.